The average Bonchev–Trinajstić information content (AvgIpc) is 2.16. The molecule has 0 aliphatic carbocycles. The lowest BCUT2D eigenvalue weighted by Crippen LogP contribution is -2.24. The van der Waals surface area contributed by atoms with Crippen LogP contribution in [-0.2, 0) is 6.32 Å². The van der Waals surface area contributed by atoms with Crippen molar-refractivity contribution in [3.05, 3.63) is 35.9 Å². The van der Waals surface area contributed by atoms with E-state index in [1.165, 1.54) is 5.56 Å². The Bertz CT molecular complexity index is 210. The summed E-state index contributed by atoms with van der Waals surface area (Å²) in [5.74, 6) is 0. The van der Waals surface area contributed by atoms with Crippen molar-refractivity contribution in [2.75, 3.05) is 13.6 Å². The minimum atomic E-state index is 1.13. The summed E-state index contributed by atoms with van der Waals surface area (Å²) in [5.41, 5.74) is 1.43. The molecule has 1 aromatic carbocycles. The highest BCUT2D eigenvalue weighted by Crippen LogP contribution is 1.98. The first-order valence-electron chi connectivity index (χ1n) is 4.55. The van der Waals surface area contributed by atoms with E-state index in [9.17, 15) is 0 Å². The van der Waals surface area contributed by atoms with Gasteiger partial charge in [0, 0.05) is 0 Å². The number of hydrogen-bond acceptors (Lipinski definition) is 1. The number of hydrogen-bond donors (Lipinski definition) is 0. The smallest absolute Gasteiger partial charge is 0.208 e. The van der Waals surface area contributed by atoms with Crippen molar-refractivity contribution < 1.29 is 0 Å². The van der Waals surface area contributed by atoms with Crippen LogP contribution in [0.15, 0.2) is 30.3 Å². The molecule has 64 valence electrons. The van der Waals surface area contributed by atoms with Gasteiger partial charge in [-0.2, -0.15) is 0 Å². The van der Waals surface area contributed by atoms with Crippen LogP contribution in [0.5, 0.6) is 0 Å². The third-order valence-corrected chi connectivity index (χ3v) is 2.16. The summed E-state index contributed by atoms with van der Waals surface area (Å²) in [5, 5.41) is 0. The third kappa shape index (κ3) is 3.10. The van der Waals surface area contributed by atoms with E-state index in [0.29, 0.717) is 0 Å². The van der Waals surface area contributed by atoms with Crippen molar-refractivity contribution in [3.8, 4) is 0 Å². The van der Waals surface area contributed by atoms with Crippen LogP contribution in [0.2, 0.25) is 0 Å². The lowest BCUT2D eigenvalue weighted by Gasteiger charge is -2.11. The zero-order chi connectivity index (χ0) is 8.81. The predicted molar refractivity (Wildman–Crippen MR) is 55.6 cm³/mol. The van der Waals surface area contributed by atoms with E-state index in [4.69, 9.17) is 0 Å². The number of benzene rings is 1. The van der Waals surface area contributed by atoms with Gasteiger partial charge in [0.05, 0.1) is 0 Å². The predicted octanol–water partition coefficient (Wildman–Crippen LogP) is 1.49. The van der Waals surface area contributed by atoms with Crippen molar-refractivity contribution in [1.29, 1.82) is 0 Å². The van der Waals surface area contributed by atoms with Gasteiger partial charge < -0.3 is 4.81 Å². The van der Waals surface area contributed by atoms with Gasteiger partial charge in [0.2, 0.25) is 7.41 Å². The minimum absolute atomic E-state index is 1.13. The molecular weight excluding hydrogens is 145 g/mol. The molecule has 0 saturated heterocycles. The monoisotopic (exact) mass is 161 g/mol. The molecule has 0 atom stereocenters. The molecule has 12 heavy (non-hydrogen) atoms. The van der Waals surface area contributed by atoms with Crippen molar-refractivity contribution in [1.82, 2.24) is 4.81 Å². The van der Waals surface area contributed by atoms with Crippen molar-refractivity contribution in [2.24, 2.45) is 0 Å². The number of nitrogens with zero attached hydrogens (tertiary/aromatic N) is 1. The molecule has 0 unspecified atom stereocenters. The summed E-state index contributed by atoms with van der Waals surface area (Å²) >= 11 is 0. The SMILES string of the molecule is CCN(C)BCc1ccccc1. The minimum Gasteiger partial charge on any atom is -0.348 e. The second-order valence-electron chi connectivity index (χ2n) is 3.13. The van der Waals surface area contributed by atoms with Gasteiger partial charge in [0.25, 0.3) is 0 Å². The highest BCUT2D eigenvalue weighted by molar-refractivity contribution is 6.31. The topological polar surface area (TPSA) is 3.24 Å². The summed E-state index contributed by atoms with van der Waals surface area (Å²) in [6.07, 6.45) is 1.16. The molecule has 0 aliphatic rings. The van der Waals surface area contributed by atoms with Crippen LogP contribution >= 0.6 is 0 Å². The Balaban J connectivity index is 2.33. The van der Waals surface area contributed by atoms with Crippen LogP contribution in [0.3, 0.4) is 0 Å². The van der Waals surface area contributed by atoms with Crippen LogP contribution in [0, 0.1) is 0 Å². The summed E-state index contributed by atoms with van der Waals surface area (Å²) < 4.78 is 0. The summed E-state index contributed by atoms with van der Waals surface area (Å²) in [7, 11) is 3.31. The van der Waals surface area contributed by atoms with Gasteiger partial charge >= 0.3 is 0 Å². The third-order valence-electron chi connectivity index (χ3n) is 2.16. The fraction of sp³-hybridized carbons (Fsp3) is 0.400. The van der Waals surface area contributed by atoms with Crippen LogP contribution < -0.4 is 0 Å². The summed E-state index contributed by atoms with van der Waals surface area (Å²) in [4.78, 5) is 2.33. The molecule has 0 N–H and O–H groups in total. The van der Waals surface area contributed by atoms with Gasteiger partial charge in [0.1, 0.15) is 0 Å². The van der Waals surface area contributed by atoms with Crippen molar-refractivity contribution in [3.63, 3.8) is 0 Å². The molecule has 0 aliphatic heterocycles. The quantitative estimate of drug-likeness (QED) is 0.604. The second kappa shape index (κ2) is 4.99. The van der Waals surface area contributed by atoms with Crippen molar-refractivity contribution in [2.45, 2.75) is 13.2 Å². The first-order chi connectivity index (χ1) is 5.83. The lowest BCUT2D eigenvalue weighted by atomic mass is 9.82. The zero-order valence-corrected chi connectivity index (χ0v) is 7.96. The van der Waals surface area contributed by atoms with Crippen LogP contribution in [0.1, 0.15) is 12.5 Å². The largest absolute Gasteiger partial charge is 0.348 e. The Labute approximate surface area is 75.7 Å². The molecule has 0 aromatic heterocycles. The zero-order valence-electron chi connectivity index (χ0n) is 7.96. The van der Waals surface area contributed by atoms with E-state index in [-0.39, 0.29) is 0 Å². The average molecular weight is 161 g/mol. The van der Waals surface area contributed by atoms with Gasteiger partial charge in [-0.25, -0.2) is 0 Å². The van der Waals surface area contributed by atoms with E-state index in [1.54, 1.807) is 0 Å². The lowest BCUT2D eigenvalue weighted by molar-refractivity contribution is 0.565. The standard InChI is InChI=1S/C10H16BN/c1-3-12(2)11-9-10-7-5-4-6-8-10/h4-8,11H,3,9H2,1-2H3. The van der Waals surface area contributed by atoms with E-state index in [0.717, 1.165) is 20.3 Å². The second-order valence-corrected chi connectivity index (χ2v) is 3.13. The highest BCUT2D eigenvalue weighted by atomic mass is 15.0. The molecule has 1 aromatic rings. The van der Waals surface area contributed by atoms with Crippen LogP contribution in [-0.4, -0.2) is 25.8 Å². The van der Waals surface area contributed by atoms with Gasteiger partial charge in [-0.05, 0) is 19.9 Å². The van der Waals surface area contributed by atoms with Crippen LogP contribution in [0.25, 0.3) is 0 Å². The molecule has 0 radical (unpaired) electrons. The fourth-order valence-corrected chi connectivity index (χ4v) is 1.12. The maximum atomic E-state index is 2.33. The first-order valence-corrected chi connectivity index (χ1v) is 4.55. The molecule has 0 fully saturated rings. The molecule has 1 nitrogen and oxygen atoms in total. The van der Waals surface area contributed by atoms with E-state index >= 15 is 0 Å². The fourth-order valence-electron chi connectivity index (χ4n) is 1.12. The van der Waals surface area contributed by atoms with E-state index < -0.39 is 0 Å². The Hall–Kier alpha value is -0.755. The Morgan fingerprint density at radius 2 is 1.92 bits per heavy atom. The molecule has 0 heterocycles. The molecular formula is C10H16BN. The molecule has 2 heteroatoms. The molecule has 0 bridgehead atoms. The van der Waals surface area contributed by atoms with Gasteiger partial charge in [-0.1, -0.05) is 42.8 Å². The Kier molecular flexibility index (Phi) is 3.88. The summed E-state index contributed by atoms with van der Waals surface area (Å²) in [6.45, 7) is 3.32. The molecule has 0 amide bonds. The van der Waals surface area contributed by atoms with E-state index in [1.807, 2.05) is 0 Å². The van der Waals surface area contributed by atoms with E-state index in [2.05, 4.69) is 49.1 Å². The van der Waals surface area contributed by atoms with Gasteiger partial charge in [0.15, 0.2) is 0 Å². The maximum absolute atomic E-state index is 2.33. The highest BCUT2D eigenvalue weighted by Gasteiger charge is 1.97. The van der Waals surface area contributed by atoms with Gasteiger partial charge in [-0.3, -0.25) is 0 Å². The molecule has 0 spiro atoms. The Morgan fingerprint density at radius 1 is 1.25 bits per heavy atom. The number of rotatable bonds is 4. The van der Waals surface area contributed by atoms with Gasteiger partial charge in [-0.15, -0.1) is 0 Å². The Morgan fingerprint density at radius 3 is 2.50 bits per heavy atom. The first kappa shape index (κ1) is 9.33. The van der Waals surface area contributed by atoms with Crippen LogP contribution in [0.4, 0.5) is 0 Å². The van der Waals surface area contributed by atoms with Crippen molar-refractivity contribution >= 4 is 7.41 Å². The summed E-state index contributed by atoms with van der Waals surface area (Å²) in [6, 6.07) is 10.6. The normalized spacial score (nSPS) is 10.2. The molecule has 1 rings (SSSR count). The maximum Gasteiger partial charge on any atom is 0.208 e. The molecule has 0 saturated carbocycles.